The Labute approximate surface area is 175 Å². The van der Waals surface area contributed by atoms with Crippen LogP contribution in [0.4, 0.5) is 5.82 Å². The molecule has 0 atom stereocenters. The second-order valence-corrected chi connectivity index (χ2v) is 8.08. The lowest BCUT2D eigenvalue weighted by Gasteiger charge is -2.33. The quantitative estimate of drug-likeness (QED) is 0.394. The summed E-state index contributed by atoms with van der Waals surface area (Å²) in [5.74, 6) is 2.64. The molecule has 2 fully saturated rings. The highest BCUT2D eigenvalue weighted by molar-refractivity contribution is 5.79. The molecule has 0 aliphatic carbocycles. The molecule has 2 N–H and O–H groups in total. The molecule has 2 saturated heterocycles. The molecular formula is C22H37N5O2. The van der Waals surface area contributed by atoms with Crippen molar-refractivity contribution in [3.63, 3.8) is 0 Å². The van der Waals surface area contributed by atoms with Crippen LogP contribution in [0.1, 0.15) is 37.7 Å². The summed E-state index contributed by atoms with van der Waals surface area (Å²) in [6.45, 7) is 8.42. The van der Waals surface area contributed by atoms with Gasteiger partial charge in [-0.3, -0.25) is 4.99 Å². The highest BCUT2D eigenvalue weighted by Gasteiger charge is 2.20. The number of aromatic nitrogens is 1. The zero-order valence-electron chi connectivity index (χ0n) is 18.0. The van der Waals surface area contributed by atoms with E-state index in [1.807, 2.05) is 13.2 Å². The second kappa shape index (κ2) is 12.0. The van der Waals surface area contributed by atoms with Crippen molar-refractivity contribution in [1.29, 1.82) is 0 Å². The number of nitrogens with one attached hydrogen (secondary N) is 2. The van der Waals surface area contributed by atoms with Crippen molar-refractivity contribution in [3.8, 4) is 0 Å². The van der Waals surface area contributed by atoms with E-state index in [0.29, 0.717) is 12.0 Å². The Hall–Kier alpha value is -1.86. The van der Waals surface area contributed by atoms with Crippen LogP contribution in [-0.4, -0.2) is 70.1 Å². The highest BCUT2D eigenvalue weighted by atomic mass is 16.5. The SMILES string of the molecule is CN=C(NCCCOCC1CCOCC1)NC1CCN(c2ccc(C)cn2)CC1. The number of guanidine groups is 1. The Bertz CT molecular complexity index is 608. The van der Waals surface area contributed by atoms with Crippen LogP contribution in [-0.2, 0) is 9.47 Å². The summed E-state index contributed by atoms with van der Waals surface area (Å²) in [7, 11) is 1.84. The molecule has 0 spiro atoms. The van der Waals surface area contributed by atoms with Gasteiger partial charge in [-0.1, -0.05) is 6.07 Å². The molecule has 0 radical (unpaired) electrons. The third kappa shape index (κ3) is 7.48. The number of pyridine rings is 1. The zero-order valence-corrected chi connectivity index (χ0v) is 18.0. The minimum Gasteiger partial charge on any atom is -0.381 e. The van der Waals surface area contributed by atoms with Crippen LogP contribution in [0.15, 0.2) is 23.3 Å². The number of piperidine rings is 1. The molecule has 0 aromatic carbocycles. The average molecular weight is 404 g/mol. The van der Waals surface area contributed by atoms with Gasteiger partial charge in [-0.25, -0.2) is 4.98 Å². The first-order valence-electron chi connectivity index (χ1n) is 11.0. The second-order valence-electron chi connectivity index (χ2n) is 8.08. The van der Waals surface area contributed by atoms with Crippen molar-refractivity contribution in [2.75, 3.05) is 58.0 Å². The summed E-state index contributed by atoms with van der Waals surface area (Å²) in [6.07, 6.45) is 7.37. The van der Waals surface area contributed by atoms with Crippen LogP contribution in [0.3, 0.4) is 0 Å². The van der Waals surface area contributed by atoms with Gasteiger partial charge < -0.3 is 25.0 Å². The molecule has 7 nitrogen and oxygen atoms in total. The van der Waals surface area contributed by atoms with Crippen LogP contribution in [0.5, 0.6) is 0 Å². The van der Waals surface area contributed by atoms with Crippen molar-refractivity contribution < 1.29 is 9.47 Å². The normalized spacial score (nSPS) is 19.4. The molecule has 3 rings (SSSR count). The van der Waals surface area contributed by atoms with E-state index in [0.717, 1.165) is 89.9 Å². The van der Waals surface area contributed by atoms with Crippen LogP contribution in [0, 0.1) is 12.8 Å². The molecule has 2 aliphatic rings. The van der Waals surface area contributed by atoms with Gasteiger partial charge in [-0.15, -0.1) is 0 Å². The largest absolute Gasteiger partial charge is 0.381 e. The number of rotatable bonds is 8. The molecule has 7 heteroatoms. The maximum absolute atomic E-state index is 5.83. The summed E-state index contributed by atoms with van der Waals surface area (Å²) in [4.78, 5) is 11.3. The zero-order chi connectivity index (χ0) is 20.3. The standard InChI is InChI=1S/C22H37N5O2/c1-18-4-5-21(25-16-18)27-11-6-20(7-12-27)26-22(23-2)24-10-3-13-29-17-19-8-14-28-15-9-19/h4-5,16,19-20H,3,6-15,17H2,1-2H3,(H2,23,24,26). The minimum atomic E-state index is 0.452. The molecule has 0 bridgehead atoms. The Kier molecular flexibility index (Phi) is 9.02. The Balaban J connectivity index is 1.27. The predicted octanol–water partition coefficient (Wildman–Crippen LogP) is 2.36. The van der Waals surface area contributed by atoms with E-state index < -0.39 is 0 Å². The first kappa shape index (κ1) is 21.8. The highest BCUT2D eigenvalue weighted by Crippen LogP contribution is 2.18. The molecular weight excluding hydrogens is 366 g/mol. The molecule has 162 valence electrons. The minimum absolute atomic E-state index is 0.452. The summed E-state index contributed by atoms with van der Waals surface area (Å²) in [5.41, 5.74) is 1.20. The maximum atomic E-state index is 5.83. The molecule has 0 amide bonds. The fourth-order valence-electron chi connectivity index (χ4n) is 3.83. The molecule has 3 heterocycles. The van der Waals surface area contributed by atoms with Crippen molar-refractivity contribution >= 4 is 11.8 Å². The van der Waals surface area contributed by atoms with Gasteiger partial charge in [-0.05, 0) is 56.6 Å². The first-order chi connectivity index (χ1) is 14.2. The molecule has 29 heavy (non-hydrogen) atoms. The number of aryl methyl sites for hydroxylation is 1. The van der Waals surface area contributed by atoms with E-state index in [1.165, 1.54) is 5.56 Å². The van der Waals surface area contributed by atoms with E-state index >= 15 is 0 Å². The van der Waals surface area contributed by atoms with Crippen LogP contribution in [0.2, 0.25) is 0 Å². The number of aliphatic imine (C=N–C) groups is 1. The Morgan fingerprint density at radius 3 is 2.72 bits per heavy atom. The lowest BCUT2D eigenvalue weighted by Crippen LogP contribution is -2.49. The lowest BCUT2D eigenvalue weighted by molar-refractivity contribution is 0.0203. The predicted molar refractivity (Wildman–Crippen MR) is 118 cm³/mol. The third-order valence-electron chi connectivity index (χ3n) is 5.73. The van der Waals surface area contributed by atoms with Crippen LogP contribution >= 0.6 is 0 Å². The van der Waals surface area contributed by atoms with Crippen molar-refractivity contribution in [1.82, 2.24) is 15.6 Å². The topological polar surface area (TPSA) is 71.0 Å². The van der Waals surface area contributed by atoms with Gasteiger partial charge in [0.15, 0.2) is 5.96 Å². The summed E-state index contributed by atoms with van der Waals surface area (Å²) in [5, 5.41) is 6.98. The summed E-state index contributed by atoms with van der Waals surface area (Å²) in [6, 6.07) is 4.70. The van der Waals surface area contributed by atoms with E-state index in [2.05, 4.69) is 44.6 Å². The van der Waals surface area contributed by atoms with Crippen LogP contribution in [0.25, 0.3) is 0 Å². The van der Waals surface area contributed by atoms with Gasteiger partial charge in [0.1, 0.15) is 5.82 Å². The van der Waals surface area contributed by atoms with Crippen molar-refractivity contribution in [2.24, 2.45) is 10.9 Å². The number of nitrogens with zero attached hydrogens (tertiary/aromatic N) is 3. The van der Waals surface area contributed by atoms with Gasteiger partial charge in [0.05, 0.1) is 0 Å². The Morgan fingerprint density at radius 2 is 2.03 bits per heavy atom. The average Bonchev–Trinajstić information content (AvgIpc) is 2.77. The van der Waals surface area contributed by atoms with Crippen molar-refractivity contribution in [2.45, 2.75) is 45.1 Å². The first-order valence-corrected chi connectivity index (χ1v) is 11.0. The number of anilines is 1. The van der Waals surface area contributed by atoms with Gasteiger partial charge in [0.25, 0.3) is 0 Å². The van der Waals surface area contributed by atoms with Gasteiger partial charge >= 0.3 is 0 Å². The molecule has 1 aromatic rings. The fourth-order valence-corrected chi connectivity index (χ4v) is 3.83. The number of ether oxygens (including phenoxy) is 2. The fraction of sp³-hybridized carbons (Fsp3) is 0.727. The monoisotopic (exact) mass is 403 g/mol. The third-order valence-corrected chi connectivity index (χ3v) is 5.73. The summed E-state index contributed by atoms with van der Waals surface area (Å²) >= 11 is 0. The van der Waals surface area contributed by atoms with E-state index in [9.17, 15) is 0 Å². The van der Waals surface area contributed by atoms with Gasteiger partial charge in [0, 0.05) is 65.3 Å². The molecule has 1 aromatic heterocycles. The van der Waals surface area contributed by atoms with E-state index in [4.69, 9.17) is 9.47 Å². The smallest absolute Gasteiger partial charge is 0.191 e. The van der Waals surface area contributed by atoms with Gasteiger partial charge in [0.2, 0.25) is 0 Å². The Morgan fingerprint density at radius 1 is 1.24 bits per heavy atom. The molecule has 0 saturated carbocycles. The number of hydrogen-bond acceptors (Lipinski definition) is 5. The maximum Gasteiger partial charge on any atom is 0.191 e. The summed E-state index contributed by atoms with van der Waals surface area (Å²) < 4.78 is 11.2. The molecule has 0 unspecified atom stereocenters. The lowest BCUT2D eigenvalue weighted by atomic mass is 10.0. The van der Waals surface area contributed by atoms with Crippen molar-refractivity contribution in [3.05, 3.63) is 23.9 Å². The van der Waals surface area contributed by atoms with E-state index in [1.54, 1.807) is 0 Å². The van der Waals surface area contributed by atoms with E-state index in [-0.39, 0.29) is 0 Å². The molecule has 2 aliphatic heterocycles. The van der Waals surface area contributed by atoms with Gasteiger partial charge in [-0.2, -0.15) is 0 Å². The van der Waals surface area contributed by atoms with Crippen LogP contribution < -0.4 is 15.5 Å². The number of hydrogen-bond donors (Lipinski definition) is 2.